The quantitative estimate of drug-likeness (QED) is 0.671. The molecule has 0 radical (unpaired) electrons. The van der Waals surface area contributed by atoms with Crippen molar-refractivity contribution in [1.29, 1.82) is 0 Å². The van der Waals surface area contributed by atoms with E-state index in [4.69, 9.17) is 0 Å². The van der Waals surface area contributed by atoms with Crippen LogP contribution < -0.4 is 5.32 Å². The van der Waals surface area contributed by atoms with Gasteiger partial charge >= 0.3 is 0 Å². The molecule has 0 aromatic heterocycles. The number of nitrogens with zero attached hydrogens (tertiary/aromatic N) is 1. The van der Waals surface area contributed by atoms with Gasteiger partial charge in [-0.05, 0) is 39.9 Å². The molecule has 1 aliphatic heterocycles. The molecular formula is C10H22N2O. The Morgan fingerprint density at radius 3 is 2.85 bits per heavy atom. The molecule has 1 fully saturated rings. The summed E-state index contributed by atoms with van der Waals surface area (Å²) in [4.78, 5) is 2.21. The van der Waals surface area contributed by atoms with Crippen LogP contribution in [0.4, 0.5) is 0 Å². The van der Waals surface area contributed by atoms with E-state index < -0.39 is 5.60 Å². The number of likely N-dealkylation sites (tertiary alicyclic amines) is 1. The fourth-order valence-corrected chi connectivity index (χ4v) is 2.13. The largest absolute Gasteiger partial charge is 0.387 e. The Morgan fingerprint density at radius 1 is 1.62 bits per heavy atom. The third kappa shape index (κ3) is 2.66. The molecule has 1 aliphatic rings. The highest BCUT2D eigenvalue weighted by Crippen LogP contribution is 2.23. The summed E-state index contributed by atoms with van der Waals surface area (Å²) < 4.78 is 0. The summed E-state index contributed by atoms with van der Waals surface area (Å²) >= 11 is 0. The summed E-state index contributed by atoms with van der Waals surface area (Å²) in [5, 5.41) is 13.6. The molecule has 3 nitrogen and oxygen atoms in total. The Bertz CT molecular complexity index is 163. The summed E-state index contributed by atoms with van der Waals surface area (Å²) in [6.07, 6.45) is 2.02. The lowest BCUT2D eigenvalue weighted by Gasteiger charge is -2.41. The zero-order chi connectivity index (χ0) is 9.90. The number of hydrogen-bond acceptors (Lipinski definition) is 3. The van der Waals surface area contributed by atoms with E-state index >= 15 is 0 Å². The molecule has 0 spiro atoms. The number of β-amino-alcohol motifs (C(OH)–C–C–N with tert-alkyl or cyclic N) is 1. The topological polar surface area (TPSA) is 35.5 Å². The summed E-state index contributed by atoms with van der Waals surface area (Å²) in [6, 6.07) is 0.195. The smallest absolute Gasteiger partial charge is 0.0923 e. The van der Waals surface area contributed by atoms with E-state index in [1.54, 1.807) is 0 Å². The standard InChI is InChI=1S/C10H22N2O/c1-4-11-9(2)10(13)6-5-7-12(3)8-10/h9,11,13H,4-8H2,1-3H3. The fourth-order valence-electron chi connectivity index (χ4n) is 2.13. The molecule has 2 atom stereocenters. The van der Waals surface area contributed by atoms with Crippen LogP contribution in [0.15, 0.2) is 0 Å². The molecule has 1 rings (SSSR count). The van der Waals surface area contributed by atoms with Crippen LogP contribution in [-0.4, -0.2) is 48.3 Å². The minimum absolute atomic E-state index is 0.195. The van der Waals surface area contributed by atoms with Crippen molar-refractivity contribution in [3.63, 3.8) is 0 Å². The van der Waals surface area contributed by atoms with Crippen molar-refractivity contribution in [1.82, 2.24) is 10.2 Å². The third-order valence-corrected chi connectivity index (χ3v) is 3.01. The maximum absolute atomic E-state index is 10.3. The summed E-state index contributed by atoms with van der Waals surface area (Å²) in [5.74, 6) is 0. The SMILES string of the molecule is CCNC(C)C1(O)CCCN(C)C1. The van der Waals surface area contributed by atoms with Gasteiger partial charge in [0.05, 0.1) is 5.60 Å². The van der Waals surface area contributed by atoms with Crippen LogP contribution in [0.5, 0.6) is 0 Å². The van der Waals surface area contributed by atoms with Crippen LogP contribution in [0.1, 0.15) is 26.7 Å². The number of nitrogens with one attached hydrogen (secondary N) is 1. The second-order valence-corrected chi connectivity index (χ2v) is 4.22. The first-order chi connectivity index (χ1) is 6.08. The molecule has 0 amide bonds. The average molecular weight is 186 g/mol. The van der Waals surface area contributed by atoms with Gasteiger partial charge in [0.1, 0.15) is 0 Å². The molecule has 2 N–H and O–H groups in total. The van der Waals surface area contributed by atoms with Crippen molar-refractivity contribution in [3.8, 4) is 0 Å². The van der Waals surface area contributed by atoms with E-state index in [1.165, 1.54) is 0 Å². The lowest BCUT2D eigenvalue weighted by atomic mass is 9.86. The van der Waals surface area contributed by atoms with Crippen molar-refractivity contribution in [2.24, 2.45) is 0 Å². The zero-order valence-corrected chi connectivity index (χ0v) is 9.01. The van der Waals surface area contributed by atoms with Crippen LogP contribution in [-0.2, 0) is 0 Å². The molecule has 1 saturated heterocycles. The van der Waals surface area contributed by atoms with Gasteiger partial charge in [-0.3, -0.25) is 0 Å². The van der Waals surface area contributed by atoms with Gasteiger partial charge < -0.3 is 15.3 Å². The lowest BCUT2D eigenvalue weighted by Crippen LogP contribution is -2.57. The normalized spacial score (nSPS) is 33.2. The fraction of sp³-hybridized carbons (Fsp3) is 1.00. The van der Waals surface area contributed by atoms with Crippen LogP contribution in [0, 0.1) is 0 Å². The van der Waals surface area contributed by atoms with E-state index in [9.17, 15) is 5.11 Å². The van der Waals surface area contributed by atoms with E-state index in [0.717, 1.165) is 32.5 Å². The Morgan fingerprint density at radius 2 is 2.31 bits per heavy atom. The highest BCUT2D eigenvalue weighted by atomic mass is 16.3. The molecule has 78 valence electrons. The van der Waals surface area contributed by atoms with Crippen LogP contribution in [0.3, 0.4) is 0 Å². The van der Waals surface area contributed by atoms with Crippen LogP contribution in [0.25, 0.3) is 0 Å². The maximum Gasteiger partial charge on any atom is 0.0923 e. The Kier molecular flexibility index (Phi) is 3.71. The lowest BCUT2D eigenvalue weighted by molar-refractivity contribution is -0.0471. The molecule has 1 heterocycles. The Hall–Kier alpha value is -0.120. The minimum atomic E-state index is -0.525. The van der Waals surface area contributed by atoms with Crippen LogP contribution in [0.2, 0.25) is 0 Å². The van der Waals surface area contributed by atoms with Gasteiger partial charge in [0, 0.05) is 12.6 Å². The second-order valence-electron chi connectivity index (χ2n) is 4.22. The third-order valence-electron chi connectivity index (χ3n) is 3.01. The predicted octanol–water partition coefficient (Wildman–Crippen LogP) is 0.441. The van der Waals surface area contributed by atoms with E-state index in [1.807, 2.05) is 0 Å². The Labute approximate surface area is 81.1 Å². The van der Waals surface area contributed by atoms with Gasteiger partial charge in [0.2, 0.25) is 0 Å². The van der Waals surface area contributed by atoms with Crippen molar-refractivity contribution in [2.45, 2.75) is 38.3 Å². The number of rotatable bonds is 3. The number of aliphatic hydroxyl groups is 1. The molecule has 2 unspecified atom stereocenters. The van der Waals surface area contributed by atoms with Crippen molar-refractivity contribution in [3.05, 3.63) is 0 Å². The first kappa shape index (κ1) is 11.0. The second kappa shape index (κ2) is 4.40. The van der Waals surface area contributed by atoms with Crippen LogP contribution >= 0.6 is 0 Å². The molecule has 0 bridgehead atoms. The first-order valence-electron chi connectivity index (χ1n) is 5.23. The average Bonchev–Trinajstić information content (AvgIpc) is 2.04. The number of likely N-dealkylation sites (N-methyl/N-ethyl adjacent to an activating group) is 2. The van der Waals surface area contributed by atoms with Gasteiger partial charge in [-0.25, -0.2) is 0 Å². The summed E-state index contributed by atoms with van der Waals surface area (Å²) in [5.41, 5.74) is -0.525. The maximum atomic E-state index is 10.3. The molecule has 0 saturated carbocycles. The van der Waals surface area contributed by atoms with Gasteiger partial charge in [-0.1, -0.05) is 6.92 Å². The number of piperidine rings is 1. The molecule has 0 aromatic carbocycles. The molecule has 0 aliphatic carbocycles. The van der Waals surface area contributed by atoms with Crippen molar-refractivity contribution >= 4 is 0 Å². The predicted molar refractivity (Wildman–Crippen MR) is 54.8 cm³/mol. The Balaban J connectivity index is 2.52. The van der Waals surface area contributed by atoms with Gasteiger partial charge in [-0.2, -0.15) is 0 Å². The van der Waals surface area contributed by atoms with E-state index in [0.29, 0.717) is 0 Å². The van der Waals surface area contributed by atoms with E-state index in [2.05, 4.69) is 31.1 Å². The van der Waals surface area contributed by atoms with Gasteiger partial charge in [0.15, 0.2) is 0 Å². The minimum Gasteiger partial charge on any atom is -0.387 e. The summed E-state index contributed by atoms with van der Waals surface area (Å²) in [7, 11) is 2.07. The van der Waals surface area contributed by atoms with Crippen molar-refractivity contribution < 1.29 is 5.11 Å². The zero-order valence-electron chi connectivity index (χ0n) is 9.01. The van der Waals surface area contributed by atoms with Gasteiger partial charge in [-0.15, -0.1) is 0 Å². The molecular weight excluding hydrogens is 164 g/mol. The highest BCUT2D eigenvalue weighted by molar-refractivity contribution is 4.93. The highest BCUT2D eigenvalue weighted by Gasteiger charge is 2.36. The molecule has 13 heavy (non-hydrogen) atoms. The number of hydrogen-bond donors (Lipinski definition) is 2. The first-order valence-corrected chi connectivity index (χ1v) is 5.23. The summed E-state index contributed by atoms with van der Waals surface area (Å²) in [6.45, 7) is 6.98. The van der Waals surface area contributed by atoms with E-state index in [-0.39, 0.29) is 6.04 Å². The molecule has 0 aromatic rings. The monoisotopic (exact) mass is 186 g/mol. The molecule has 3 heteroatoms. The van der Waals surface area contributed by atoms with Gasteiger partial charge in [0.25, 0.3) is 0 Å². The van der Waals surface area contributed by atoms with Crippen molar-refractivity contribution in [2.75, 3.05) is 26.7 Å².